The number of benzene rings is 1. The number of nitrogens with zero attached hydrogens (tertiary/aromatic N) is 1. The average molecular weight is 289 g/mol. The largest absolute Gasteiger partial charge is 0.352 e. The molecule has 1 aliphatic heterocycles. The number of nitrogens with one attached hydrogen (secondary N) is 1. The molecular formula is C17H27N3O. The van der Waals surface area contributed by atoms with Gasteiger partial charge < -0.3 is 11.1 Å². The number of hydrogen-bond donors (Lipinski definition) is 2. The summed E-state index contributed by atoms with van der Waals surface area (Å²) in [7, 11) is 0. The van der Waals surface area contributed by atoms with E-state index < -0.39 is 0 Å². The SMILES string of the molecule is CC(N)C(C)C(=O)NC1CCCN(Cc2ccccc2)C1. The molecule has 0 bridgehead atoms. The van der Waals surface area contributed by atoms with Crippen LogP contribution in [0.1, 0.15) is 32.3 Å². The zero-order valence-corrected chi connectivity index (χ0v) is 13.1. The predicted octanol–water partition coefficient (Wildman–Crippen LogP) is 1.75. The highest BCUT2D eigenvalue weighted by Gasteiger charge is 2.24. The predicted molar refractivity (Wildman–Crippen MR) is 85.7 cm³/mol. The fraction of sp³-hybridized carbons (Fsp3) is 0.588. The zero-order valence-electron chi connectivity index (χ0n) is 13.1. The standard InChI is InChI=1S/C17H27N3O/c1-13(14(2)18)17(21)19-16-9-6-10-20(12-16)11-15-7-4-3-5-8-15/h3-5,7-8,13-14,16H,6,9-12,18H2,1-2H3,(H,19,21). The van der Waals surface area contributed by atoms with Crippen LogP contribution in [0.4, 0.5) is 0 Å². The molecular weight excluding hydrogens is 262 g/mol. The molecule has 3 atom stereocenters. The number of nitrogens with two attached hydrogens (primary N) is 1. The lowest BCUT2D eigenvalue weighted by Gasteiger charge is -2.34. The Kier molecular flexibility index (Phi) is 5.76. The smallest absolute Gasteiger partial charge is 0.224 e. The monoisotopic (exact) mass is 289 g/mol. The number of rotatable bonds is 5. The van der Waals surface area contributed by atoms with E-state index in [-0.39, 0.29) is 23.9 Å². The van der Waals surface area contributed by atoms with Crippen LogP contribution in [-0.4, -0.2) is 36.0 Å². The third kappa shape index (κ3) is 4.83. The highest BCUT2D eigenvalue weighted by atomic mass is 16.2. The number of likely N-dealkylation sites (tertiary alicyclic amines) is 1. The zero-order chi connectivity index (χ0) is 15.2. The Bertz CT molecular complexity index is 447. The number of carbonyl (C=O) groups is 1. The lowest BCUT2D eigenvalue weighted by Crippen LogP contribution is -2.50. The van der Waals surface area contributed by atoms with Gasteiger partial charge in [-0.25, -0.2) is 0 Å². The highest BCUT2D eigenvalue weighted by molar-refractivity contribution is 5.79. The molecule has 0 aliphatic carbocycles. The maximum atomic E-state index is 12.1. The summed E-state index contributed by atoms with van der Waals surface area (Å²) in [6, 6.07) is 10.6. The summed E-state index contributed by atoms with van der Waals surface area (Å²) in [5.41, 5.74) is 7.13. The molecule has 1 aliphatic rings. The van der Waals surface area contributed by atoms with Crippen LogP contribution in [0.3, 0.4) is 0 Å². The maximum Gasteiger partial charge on any atom is 0.224 e. The second kappa shape index (κ2) is 7.57. The van der Waals surface area contributed by atoms with Crippen LogP contribution in [0.5, 0.6) is 0 Å². The minimum absolute atomic E-state index is 0.0801. The summed E-state index contributed by atoms with van der Waals surface area (Å²) in [5, 5.41) is 3.16. The number of carbonyl (C=O) groups excluding carboxylic acids is 1. The van der Waals surface area contributed by atoms with Gasteiger partial charge in [-0.05, 0) is 31.9 Å². The molecule has 3 unspecified atom stereocenters. The van der Waals surface area contributed by atoms with Crippen molar-refractivity contribution in [2.75, 3.05) is 13.1 Å². The van der Waals surface area contributed by atoms with Gasteiger partial charge in [0.25, 0.3) is 0 Å². The molecule has 0 radical (unpaired) electrons. The lowest BCUT2D eigenvalue weighted by atomic mass is 10.0. The van der Waals surface area contributed by atoms with Gasteiger partial charge in [-0.3, -0.25) is 9.69 Å². The first-order chi connectivity index (χ1) is 10.1. The Labute approximate surface area is 127 Å². The van der Waals surface area contributed by atoms with Crippen molar-refractivity contribution in [1.82, 2.24) is 10.2 Å². The maximum absolute atomic E-state index is 12.1. The van der Waals surface area contributed by atoms with Crippen molar-refractivity contribution in [2.24, 2.45) is 11.7 Å². The van der Waals surface area contributed by atoms with E-state index in [0.29, 0.717) is 0 Å². The summed E-state index contributed by atoms with van der Waals surface area (Å²) in [5.74, 6) is -0.0499. The Balaban J connectivity index is 1.85. The van der Waals surface area contributed by atoms with Crippen LogP contribution in [0.25, 0.3) is 0 Å². The minimum atomic E-state index is -0.130. The molecule has 4 heteroatoms. The van der Waals surface area contributed by atoms with Crippen molar-refractivity contribution in [3.05, 3.63) is 35.9 Å². The van der Waals surface area contributed by atoms with E-state index in [1.165, 1.54) is 5.56 Å². The molecule has 2 rings (SSSR count). The number of amides is 1. The summed E-state index contributed by atoms with van der Waals surface area (Å²) < 4.78 is 0. The van der Waals surface area contributed by atoms with Crippen LogP contribution in [0.2, 0.25) is 0 Å². The van der Waals surface area contributed by atoms with E-state index in [2.05, 4.69) is 34.5 Å². The molecule has 1 aromatic carbocycles. The minimum Gasteiger partial charge on any atom is -0.352 e. The fourth-order valence-corrected chi connectivity index (χ4v) is 2.73. The summed E-state index contributed by atoms with van der Waals surface area (Å²) in [4.78, 5) is 14.5. The highest BCUT2D eigenvalue weighted by Crippen LogP contribution is 2.14. The van der Waals surface area contributed by atoms with Gasteiger partial charge in [0.05, 0.1) is 0 Å². The summed E-state index contributed by atoms with van der Waals surface area (Å²) in [6.07, 6.45) is 2.19. The molecule has 1 amide bonds. The van der Waals surface area contributed by atoms with Gasteiger partial charge in [0.2, 0.25) is 5.91 Å². The summed E-state index contributed by atoms with van der Waals surface area (Å²) >= 11 is 0. The van der Waals surface area contributed by atoms with Crippen molar-refractivity contribution in [3.63, 3.8) is 0 Å². The van der Waals surface area contributed by atoms with Gasteiger partial charge >= 0.3 is 0 Å². The fourth-order valence-electron chi connectivity index (χ4n) is 2.73. The Morgan fingerprint density at radius 1 is 1.38 bits per heavy atom. The second-order valence-corrected chi connectivity index (χ2v) is 6.22. The average Bonchev–Trinajstić information content (AvgIpc) is 2.47. The van der Waals surface area contributed by atoms with Crippen molar-refractivity contribution in [1.29, 1.82) is 0 Å². The van der Waals surface area contributed by atoms with Gasteiger partial charge in [-0.15, -0.1) is 0 Å². The molecule has 0 aromatic heterocycles. The Hall–Kier alpha value is -1.39. The third-order valence-corrected chi connectivity index (χ3v) is 4.30. The molecule has 3 N–H and O–H groups in total. The van der Waals surface area contributed by atoms with Gasteiger partial charge in [-0.1, -0.05) is 37.3 Å². The quantitative estimate of drug-likeness (QED) is 0.868. The van der Waals surface area contributed by atoms with Crippen molar-refractivity contribution in [2.45, 2.75) is 45.3 Å². The molecule has 21 heavy (non-hydrogen) atoms. The first-order valence-electron chi connectivity index (χ1n) is 7.88. The normalized spacial score (nSPS) is 22.5. The van der Waals surface area contributed by atoms with Crippen LogP contribution < -0.4 is 11.1 Å². The van der Waals surface area contributed by atoms with E-state index in [0.717, 1.165) is 32.5 Å². The van der Waals surface area contributed by atoms with E-state index in [1.54, 1.807) is 0 Å². The number of hydrogen-bond acceptors (Lipinski definition) is 3. The first-order valence-corrected chi connectivity index (χ1v) is 7.88. The van der Waals surface area contributed by atoms with Gasteiger partial charge in [-0.2, -0.15) is 0 Å². The first kappa shape index (κ1) is 16.0. The van der Waals surface area contributed by atoms with Gasteiger partial charge in [0.1, 0.15) is 0 Å². The molecule has 1 saturated heterocycles. The molecule has 0 saturated carbocycles. The van der Waals surface area contributed by atoms with Crippen LogP contribution >= 0.6 is 0 Å². The second-order valence-electron chi connectivity index (χ2n) is 6.22. The van der Waals surface area contributed by atoms with E-state index >= 15 is 0 Å². The van der Waals surface area contributed by atoms with Gasteiger partial charge in [0, 0.05) is 31.1 Å². The topological polar surface area (TPSA) is 58.4 Å². The Morgan fingerprint density at radius 3 is 2.76 bits per heavy atom. The van der Waals surface area contributed by atoms with Crippen LogP contribution in [-0.2, 0) is 11.3 Å². The molecule has 1 aromatic rings. The molecule has 116 valence electrons. The van der Waals surface area contributed by atoms with Crippen molar-refractivity contribution < 1.29 is 4.79 Å². The van der Waals surface area contributed by atoms with Crippen LogP contribution in [0, 0.1) is 5.92 Å². The molecule has 4 nitrogen and oxygen atoms in total. The van der Waals surface area contributed by atoms with E-state index in [4.69, 9.17) is 5.73 Å². The van der Waals surface area contributed by atoms with Crippen LogP contribution in [0.15, 0.2) is 30.3 Å². The van der Waals surface area contributed by atoms with E-state index in [1.807, 2.05) is 19.9 Å². The third-order valence-electron chi connectivity index (χ3n) is 4.30. The van der Waals surface area contributed by atoms with Crippen molar-refractivity contribution in [3.8, 4) is 0 Å². The summed E-state index contributed by atoms with van der Waals surface area (Å²) in [6.45, 7) is 6.75. The van der Waals surface area contributed by atoms with Gasteiger partial charge in [0.15, 0.2) is 0 Å². The number of piperidine rings is 1. The van der Waals surface area contributed by atoms with Crippen molar-refractivity contribution >= 4 is 5.91 Å². The lowest BCUT2D eigenvalue weighted by molar-refractivity contribution is -0.126. The van der Waals surface area contributed by atoms with E-state index in [9.17, 15) is 4.79 Å². The molecule has 0 spiro atoms. The molecule has 1 fully saturated rings. The Morgan fingerprint density at radius 2 is 2.10 bits per heavy atom. The molecule has 1 heterocycles.